The Bertz CT molecular complexity index is 735. The third kappa shape index (κ3) is 11.5. The van der Waals surface area contributed by atoms with E-state index in [1.807, 2.05) is 30.3 Å². The average molecular weight is 445 g/mol. The van der Waals surface area contributed by atoms with Crippen LogP contribution in [0.2, 0.25) is 0 Å². The number of carbonyl (C=O) groups is 3. The molecule has 1 rings (SSSR count). The summed E-state index contributed by atoms with van der Waals surface area (Å²) >= 11 is 0. The summed E-state index contributed by atoms with van der Waals surface area (Å²) in [7, 11) is 0. The molecule has 0 aliphatic carbocycles. The highest BCUT2D eigenvalue weighted by molar-refractivity contribution is 5.86. The fourth-order valence-corrected chi connectivity index (χ4v) is 3.11. The topological polar surface area (TPSA) is 105 Å². The Labute approximate surface area is 190 Å². The van der Waals surface area contributed by atoms with E-state index >= 15 is 0 Å². The normalized spacial score (nSPS) is 13.3. The maximum Gasteiger partial charge on any atom is 0.305 e. The van der Waals surface area contributed by atoms with Gasteiger partial charge in [-0.25, -0.2) is 0 Å². The Balaban J connectivity index is 2.78. The lowest BCUT2D eigenvalue weighted by atomic mass is 9.98. The van der Waals surface area contributed by atoms with Crippen LogP contribution in [0, 0.1) is 5.92 Å². The molecular formula is C25H36N2O5. The zero-order valence-corrected chi connectivity index (χ0v) is 18.9. The number of aliphatic hydroxyl groups is 1. The van der Waals surface area contributed by atoms with Crippen LogP contribution >= 0.6 is 0 Å². The van der Waals surface area contributed by atoms with Crippen LogP contribution < -0.4 is 10.6 Å². The average Bonchev–Trinajstić information content (AvgIpc) is 2.77. The van der Waals surface area contributed by atoms with Crippen LogP contribution in [0.4, 0.5) is 0 Å². The Morgan fingerprint density at radius 1 is 1.12 bits per heavy atom. The van der Waals surface area contributed by atoms with E-state index in [1.54, 1.807) is 19.1 Å². The zero-order chi connectivity index (χ0) is 23.8. The van der Waals surface area contributed by atoms with Crippen LogP contribution in [0.5, 0.6) is 0 Å². The van der Waals surface area contributed by atoms with Gasteiger partial charge in [-0.3, -0.25) is 14.4 Å². The summed E-state index contributed by atoms with van der Waals surface area (Å²) in [6, 6.07) is 8.78. The molecule has 0 bridgehead atoms. The lowest BCUT2D eigenvalue weighted by Crippen LogP contribution is -2.45. The monoisotopic (exact) mass is 444 g/mol. The minimum Gasteiger partial charge on any atom is -0.463 e. The third-order valence-corrected chi connectivity index (χ3v) is 4.84. The molecule has 0 spiro atoms. The molecule has 3 atom stereocenters. The summed E-state index contributed by atoms with van der Waals surface area (Å²) in [5.74, 6) is -1.55. The van der Waals surface area contributed by atoms with Crippen molar-refractivity contribution >= 4 is 17.8 Å². The molecule has 7 nitrogen and oxygen atoms in total. The quantitative estimate of drug-likeness (QED) is 0.207. The fourth-order valence-electron chi connectivity index (χ4n) is 3.11. The molecule has 1 aromatic carbocycles. The largest absolute Gasteiger partial charge is 0.463 e. The maximum atomic E-state index is 12.9. The van der Waals surface area contributed by atoms with Gasteiger partial charge in [-0.1, -0.05) is 42.5 Å². The minimum absolute atomic E-state index is 0.0262. The second kappa shape index (κ2) is 15.8. The summed E-state index contributed by atoms with van der Waals surface area (Å²) in [5.41, 5.74) is 0.996. The molecular weight excluding hydrogens is 408 g/mol. The molecule has 0 heterocycles. The number of esters is 1. The molecule has 0 unspecified atom stereocenters. The number of nitrogens with one attached hydrogen (secondary N) is 2. The Morgan fingerprint density at radius 3 is 2.47 bits per heavy atom. The number of amides is 2. The number of hydrogen-bond acceptors (Lipinski definition) is 5. The molecule has 2 amide bonds. The first kappa shape index (κ1) is 27.1. The summed E-state index contributed by atoms with van der Waals surface area (Å²) in [4.78, 5) is 37.2. The lowest BCUT2D eigenvalue weighted by molar-refractivity contribution is -0.145. The maximum absolute atomic E-state index is 12.9. The van der Waals surface area contributed by atoms with E-state index in [2.05, 4.69) is 23.8 Å². The molecule has 0 saturated carbocycles. The Morgan fingerprint density at radius 2 is 1.84 bits per heavy atom. The zero-order valence-electron chi connectivity index (χ0n) is 18.9. The lowest BCUT2D eigenvalue weighted by Gasteiger charge is -2.23. The number of allylic oxidation sites excluding steroid dienone is 2. The molecule has 7 heteroatoms. The first-order valence-corrected chi connectivity index (χ1v) is 11.0. The van der Waals surface area contributed by atoms with Crippen molar-refractivity contribution in [3.05, 3.63) is 61.2 Å². The molecule has 0 aromatic heterocycles. The van der Waals surface area contributed by atoms with Gasteiger partial charge in [0.15, 0.2) is 0 Å². The predicted molar refractivity (Wildman–Crippen MR) is 125 cm³/mol. The van der Waals surface area contributed by atoms with Crippen LogP contribution in [0.25, 0.3) is 0 Å². The highest BCUT2D eigenvalue weighted by Gasteiger charge is 2.24. The first-order chi connectivity index (χ1) is 15.4. The van der Waals surface area contributed by atoms with Crippen LogP contribution in [0.15, 0.2) is 55.6 Å². The first-order valence-electron chi connectivity index (χ1n) is 11.0. The van der Waals surface area contributed by atoms with Crippen LogP contribution in [-0.4, -0.2) is 48.2 Å². The molecule has 176 valence electrons. The standard InChI is InChI=1S/C25H36N2O5/c1-4-6-8-14-24(30)32-18-22(15-20-12-9-7-10-13-20)27-25(31)21(11-5-2)16-23(29)26-19(3)17-28/h4-5,7,9-10,12-13,19,21-22,28H,1-2,6,8,11,14-18H2,3H3,(H,26,29)(H,27,31)/t19-,21+,22+/m0/s1. The highest BCUT2D eigenvalue weighted by Crippen LogP contribution is 2.12. The van der Waals surface area contributed by atoms with Crippen molar-refractivity contribution in [2.75, 3.05) is 13.2 Å². The van der Waals surface area contributed by atoms with Gasteiger partial charge in [-0.05, 0) is 38.2 Å². The number of aliphatic hydroxyl groups excluding tert-OH is 1. The third-order valence-electron chi connectivity index (χ3n) is 4.84. The van der Waals surface area contributed by atoms with Gasteiger partial charge in [0.1, 0.15) is 6.61 Å². The number of carbonyl (C=O) groups excluding carboxylic acids is 3. The molecule has 1 aromatic rings. The molecule has 0 saturated heterocycles. The minimum atomic E-state index is -0.611. The van der Waals surface area contributed by atoms with Crippen molar-refractivity contribution in [1.82, 2.24) is 10.6 Å². The van der Waals surface area contributed by atoms with E-state index in [0.29, 0.717) is 25.7 Å². The van der Waals surface area contributed by atoms with Crippen LogP contribution in [0.1, 0.15) is 44.6 Å². The van der Waals surface area contributed by atoms with E-state index < -0.39 is 12.0 Å². The molecule has 32 heavy (non-hydrogen) atoms. The molecule has 0 aliphatic rings. The summed E-state index contributed by atoms with van der Waals surface area (Å²) in [6.45, 7) is 8.86. The van der Waals surface area contributed by atoms with E-state index in [4.69, 9.17) is 9.84 Å². The molecule has 0 radical (unpaired) electrons. The highest BCUT2D eigenvalue weighted by atomic mass is 16.5. The van der Waals surface area contributed by atoms with Crippen molar-refractivity contribution in [1.29, 1.82) is 0 Å². The van der Waals surface area contributed by atoms with Crippen LogP contribution in [-0.2, 0) is 25.5 Å². The number of unbranched alkanes of at least 4 members (excludes halogenated alkanes) is 1. The summed E-state index contributed by atoms with van der Waals surface area (Å²) < 4.78 is 5.40. The second-order valence-corrected chi connectivity index (χ2v) is 7.84. The SMILES string of the molecule is C=CCCCC(=O)OC[C@@H](Cc1ccccc1)NC(=O)[C@H](CC=C)CC(=O)N[C@@H](C)CO. The fraction of sp³-hybridized carbons (Fsp3) is 0.480. The van der Waals surface area contributed by atoms with Gasteiger partial charge in [-0.2, -0.15) is 0 Å². The number of benzene rings is 1. The Hall–Kier alpha value is -2.93. The number of rotatable bonds is 16. The molecule has 3 N–H and O–H groups in total. The Kier molecular flexibility index (Phi) is 13.4. The van der Waals surface area contributed by atoms with Gasteiger partial charge in [0, 0.05) is 18.9 Å². The smallest absolute Gasteiger partial charge is 0.305 e. The van der Waals surface area contributed by atoms with Gasteiger partial charge in [0.25, 0.3) is 0 Å². The summed E-state index contributed by atoms with van der Waals surface area (Å²) in [6.07, 6.45) is 5.83. The van der Waals surface area contributed by atoms with Crippen molar-refractivity contribution in [3.63, 3.8) is 0 Å². The van der Waals surface area contributed by atoms with Gasteiger partial charge < -0.3 is 20.5 Å². The molecule has 0 fully saturated rings. The molecule has 0 aliphatic heterocycles. The van der Waals surface area contributed by atoms with Gasteiger partial charge in [0.2, 0.25) is 11.8 Å². The van der Waals surface area contributed by atoms with Gasteiger partial charge in [0.05, 0.1) is 18.6 Å². The predicted octanol–water partition coefficient (Wildman–Crippen LogP) is 2.69. The van der Waals surface area contributed by atoms with Gasteiger partial charge >= 0.3 is 5.97 Å². The van der Waals surface area contributed by atoms with Crippen LogP contribution in [0.3, 0.4) is 0 Å². The van der Waals surface area contributed by atoms with E-state index in [0.717, 1.165) is 12.0 Å². The van der Waals surface area contributed by atoms with Crippen molar-refractivity contribution in [2.24, 2.45) is 5.92 Å². The van der Waals surface area contributed by atoms with Gasteiger partial charge in [-0.15, -0.1) is 13.2 Å². The van der Waals surface area contributed by atoms with E-state index in [1.165, 1.54) is 0 Å². The number of ether oxygens (including phenoxy) is 1. The second-order valence-electron chi connectivity index (χ2n) is 7.84. The van der Waals surface area contributed by atoms with E-state index in [-0.39, 0.29) is 43.5 Å². The number of hydrogen-bond donors (Lipinski definition) is 3. The van der Waals surface area contributed by atoms with Crippen molar-refractivity contribution in [3.8, 4) is 0 Å². The van der Waals surface area contributed by atoms with Crippen molar-refractivity contribution < 1.29 is 24.2 Å². The van der Waals surface area contributed by atoms with E-state index in [9.17, 15) is 14.4 Å². The summed E-state index contributed by atoms with van der Waals surface area (Å²) in [5, 5.41) is 14.7. The van der Waals surface area contributed by atoms with Crippen molar-refractivity contribution in [2.45, 2.75) is 57.5 Å².